The van der Waals surface area contributed by atoms with Crippen LogP contribution in [-0.2, 0) is 9.47 Å². The number of aliphatic hydroxyl groups is 3. The zero-order valence-corrected chi connectivity index (χ0v) is 18.8. The summed E-state index contributed by atoms with van der Waals surface area (Å²) >= 11 is 0. The van der Waals surface area contributed by atoms with Gasteiger partial charge in [-0.1, -0.05) is 36.3 Å². The van der Waals surface area contributed by atoms with Crippen LogP contribution in [0, 0.1) is 0 Å². The molecule has 33 heavy (non-hydrogen) atoms. The quantitative estimate of drug-likeness (QED) is 0.529. The van der Waals surface area contributed by atoms with Crippen molar-refractivity contribution in [1.82, 2.24) is 0 Å². The van der Waals surface area contributed by atoms with Crippen LogP contribution in [0.1, 0.15) is 43.2 Å². The van der Waals surface area contributed by atoms with Crippen LogP contribution in [0.25, 0.3) is 5.57 Å². The molecule has 0 amide bonds. The number of hydrogen-bond acceptors (Lipinski definition) is 7. The topological polar surface area (TPSA) is 109 Å². The molecule has 4 rings (SSSR count). The third-order valence-electron chi connectivity index (χ3n) is 6.45. The lowest BCUT2D eigenvalue weighted by Crippen LogP contribution is -2.60. The third kappa shape index (κ3) is 5.23. The fraction of sp³-hybridized carbons (Fsp3) is 0.462. The van der Waals surface area contributed by atoms with Crippen molar-refractivity contribution in [3.05, 3.63) is 65.2 Å². The van der Waals surface area contributed by atoms with Crippen molar-refractivity contribution >= 4 is 5.57 Å². The summed E-state index contributed by atoms with van der Waals surface area (Å²) in [6, 6.07) is 14.8. The van der Waals surface area contributed by atoms with Crippen molar-refractivity contribution in [3.8, 4) is 11.5 Å². The molecule has 1 saturated carbocycles. The molecule has 0 spiro atoms. The van der Waals surface area contributed by atoms with Gasteiger partial charge in [0.05, 0.1) is 6.61 Å². The molecule has 178 valence electrons. The molecule has 1 aliphatic carbocycles. The zero-order chi connectivity index (χ0) is 23.4. The standard InChI is InChI=1S/C26H32O7/c1-31-25-21(15-27)33-26(24(30)23(25)29)32-20-13-9-18(10-14-20)22(16-5-3-2-4-6-16)17-7-11-19(28)12-8-17/h7-14,21,23-30H,2-6,15H2,1H3/t21-,23-,24+,25+,26-/m0/s1. The van der Waals surface area contributed by atoms with E-state index in [2.05, 4.69) is 0 Å². The summed E-state index contributed by atoms with van der Waals surface area (Å²) in [6.07, 6.45) is 0.330. The van der Waals surface area contributed by atoms with Crippen molar-refractivity contribution in [2.24, 2.45) is 0 Å². The van der Waals surface area contributed by atoms with Crippen LogP contribution in [0.15, 0.2) is 54.1 Å². The maximum absolute atomic E-state index is 10.4. The third-order valence-corrected chi connectivity index (χ3v) is 6.45. The molecular formula is C26H32O7. The number of phenolic OH excluding ortho intramolecular Hbond substituents is 1. The lowest BCUT2D eigenvalue weighted by molar-refractivity contribution is -0.281. The van der Waals surface area contributed by atoms with E-state index in [0.717, 1.165) is 24.0 Å². The van der Waals surface area contributed by atoms with Gasteiger partial charge in [-0.3, -0.25) is 0 Å². The van der Waals surface area contributed by atoms with Gasteiger partial charge in [0.1, 0.15) is 35.9 Å². The first-order valence-corrected chi connectivity index (χ1v) is 11.5. The number of methoxy groups -OCH3 is 1. The van der Waals surface area contributed by atoms with Crippen LogP contribution >= 0.6 is 0 Å². The largest absolute Gasteiger partial charge is 0.508 e. The van der Waals surface area contributed by atoms with Gasteiger partial charge in [0.15, 0.2) is 0 Å². The summed E-state index contributed by atoms with van der Waals surface area (Å²) in [7, 11) is 1.39. The second-order valence-corrected chi connectivity index (χ2v) is 8.64. The van der Waals surface area contributed by atoms with Crippen LogP contribution in [-0.4, -0.2) is 64.8 Å². The lowest BCUT2D eigenvalue weighted by atomic mass is 9.85. The van der Waals surface area contributed by atoms with E-state index in [1.807, 2.05) is 24.3 Å². The minimum absolute atomic E-state index is 0.237. The first-order chi connectivity index (χ1) is 16.0. The smallest absolute Gasteiger partial charge is 0.229 e. The Morgan fingerprint density at radius 3 is 2.09 bits per heavy atom. The number of phenols is 1. The van der Waals surface area contributed by atoms with Crippen molar-refractivity contribution in [3.63, 3.8) is 0 Å². The highest BCUT2D eigenvalue weighted by molar-refractivity contribution is 5.82. The zero-order valence-electron chi connectivity index (χ0n) is 18.8. The second-order valence-electron chi connectivity index (χ2n) is 8.64. The van der Waals surface area contributed by atoms with Crippen molar-refractivity contribution in [2.75, 3.05) is 13.7 Å². The van der Waals surface area contributed by atoms with Crippen molar-refractivity contribution < 1.29 is 34.6 Å². The maximum Gasteiger partial charge on any atom is 0.229 e. The second kappa shape index (κ2) is 10.7. The molecule has 1 aliphatic heterocycles. The van der Waals surface area contributed by atoms with Crippen LogP contribution in [0.4, 0.5) is 0 Å². The van der Waals surface area contributed by atoms with E-state index in [9.17, 15) is 20.4 Å². The van der Waals surface area contributed by atoms with Gasteiger partial charge in [-0.25, -0.2) is 0 Å². The number of ether oxygens (including phenoxy) is 3. The van der Waals surface area contributed by atoms with Gasteiger partial charge in [-0.2, -0.15) is 0 Å². The summed E-state index contributed by atoms with van der Waals surface area (Å²) < 4.78 is 16.6. The number of aliphatic hydroxyl groups excluding tert-OH is 3. The van der Waals surface area contributed by atoms with Crippen LogP contribution in [0.2, 0.25) is 0 Å². The monoisotopic (exact) mass is 456 g/mol. The summed E-state index contributed by atoms with van der Waals surface area (Å²) in [4.78, 5) is 0. The predicted molar refractivity (Wildman–Crippen MR) is 123 cm³/mol. The van der Waals surface area contributed by atoms with Crippen molar-refractivity contribution in [1.29, 1.82) is 0 Å². The first-order valence-electron chi connectivity index (χ1n) is 11.5. The minimum atomic E-state index is -1.32. The molecule has 7 heteroatoms. The average molecular weight is 457 g/mol. The van der Waals surface area contributed by atoms with Gasteiger partial charge in [0.2, 0.25) is 6.29 Å². The Morgan fingerprint density at radius 2 is 1.52 bits per heavy atom. The van der Waals surface area contributed by atoms with Crippen LogP contribution in [0.3, 0.4) is 0 Å². The lowest BCUT2D eigenvalue weighted by Gasteiger charge is -2.41. The van der Waals surface area contributed by atoms with Gasteiger partial charge in [-0.05, 0) is 66.6 Å². The minimum Gasteiger partial charge on any atom is -0.508 e. The van der Waals surface area contributed by atoms with Crippen LogP contribution in [0.5, 0.6) is 11.5 Å². The number of benzene rings is 2. The average Bonchev–Trinajstić information content (AvgIpc) is 2.85. The molecule has 2 aromatic carbocycles. The van der Waals surface area contributed by atoms with Gasteiger partial charge in [-0.15, -0.1) is 0 Å². The molecule has 4 N–H and O–H groups in total. The predicted octanol–water partition coefficient (Wildman–Crippen LogP) is 2.99. The fourth-order valence-corrected chi connectivity index (χ4v) is 4.71. The number of rotatable bonds is 6. The SMILES string of the molecule is CO[C@H]1[C@@H](O)[C@@H](O)[C@@H](Oc2ccc(C(=C3CCCCC3)c3ccc(O)cc3)cc2)O[C@H]1CO. The molecule has 1 saturated heterocycles. The van der Waals surface area contributed by atoms with E-state index < -0.39 is 30.7 Å². The Labute approximate surface area is 193 Å². The van der Waals surface area contributed by atoms with Gasteiger partial charge in [0.25, 0.3) is 0 Å². The highest BCUT2D eigenvalue weighted by Gasteiger charge is 2.45. The number of hydrogen-bond donors (Lipinski definition) is 4. The van der Waals surface area contributed by atoms with E-state index in [1.165, 1.54) is 37.5 Å². The summed E-state index contributed by atoms with van der Waals surface area (Å²) in [5, 5.41) is 40.0. The van der Waals surface area contributed by atoms with E-state index in [1.54, 1.807) is 24.3 Å². The number of aromatic hydroxyl groups is 1. The van der Waals surface area contributed by atoms with Gasteiger partial charge in [0, 0.05) is 7.11 Å². The molecule has 0 aromatic heterocycles. The van der Waals surface area contributed by atoms with E-state index in [0.29, 0.717) is 5.75 Å². The summed E-state index contributed by atoms with van der Waals surface area (Å²) in [6.45, 7) is -0.370. The van der Waals surface area contributed by atoms with E-state index in [-0.39, 0.29) is 12.4 Å². The summed E-state index contributed by atoms with van der Waals surface area (Å²) in [5.41, 5.74) is 4.69. The molecule has 0 bridgehead atoms. The Hall–Kier alpha value is -2.42. The van der Waals surface area contributed by atoms with E-state index in [4.69, 9.17) is 14.2 Å². The molecular weight excluding hydrogens is 424 g/mol. The van der Waals surface area contributed by atoms with Crippen LogP contribution < -0.4 is 4.74 Å². The number of allylic oxidation sites excluding steroid dienone is 1. The Kier molecular flexibility index (Phi) is 7.67. The molecule has 2 aromatic rings. The first kappa shape index (κ1) is 23.7. The molecule has 0 unspecified atom stereocenters. The molecule has 7 nitrogen and oxygen atoms in total. The highest BCUT2D eigenvalue weighted by atomic mass is 16.7. The maximum atomic E-state index is 10.4. The highest BCUT2D eigenvalue weighted by Crippen LogP contribution is 2.36. The summed E-state index contributed by atoms with van der Waals surface area (Å²) in [5.74, 6) is 0.710. The molecule has 2 aliphatic rings. The molecule has 1 heterocycles. The molecule has 5 atom stereocenters. The van der Waals surface area contributed by atoms with Crippen molar-refractivity contribution in [2.45, 2.75) is 62.8 Å². The Balaban J connectivity index is 1.56. The van der Waals surface area contributed by atoms with E-state index >= 15 is 0 Å². The Bertz CT molecular complexity index is 928. The normalized spacial score (nSPS) is 27.9. The van der Waals surface area contributed by atoms with Gasteiger partial charge >= 0.3 is 0 Å². The Morgan fingerprint density at radius 1 is 0.909 bits per heavy atom. The van der Waals surface area contributed by atoms with Gasteiger partial charge < -0.3 is 34.6 Å². The fourth-order valence-electron chi connectivity index (χ4n) is 4.71. The molecule has 0 radical (unpaired) electrons. The molecule has 2 fully saturated rings.